The van der Waals surface area contributed by atoms with Crippen LogP contribution in [-0.2, 0) is 9.47 Å². The van der Waals surface area contributed by atoms with Gasteiger partial charge < -0.3 is 9.47 Å². The summed E-state index contributed by atoms with van der Waals surface area (Å²) in [6, 6.07) is 0. The summed E-state index contributed by atoms with van der Waals surface area (Å²) in [7, 11) is 0. The van der Waals surface area contributed by atoms with Crippen molar-refractivity contribution in [3.05, 3.63) is 0 Å². The van der Waals surface area contributed by atoms with E-state index in [9.17, 15) is 8.78 Å². The molecule has 4 heteroatoms. The normalized spacial score (nSPS) is 40.4. The van der Waals surface area contributed by atoms with Crippen LogP contribution in [0.3, 0.4) is 0 Å². The molecule has 30 heavy (non-hydrogen) atoms. The van der Waals surface area contributed by atoms with Gasteiger partial charge in [0.15, 0.2) is 12.3 Å². The van der Waals surface area contributed by atoms with Crippen LogP contribution in [0, 0.1) is 23.7 Å². The average molecular weight is 429 g/mol. The third-order valence-electron chi connectivity index (χ3n) is 8.25. The monoisotopic (exact) mass is 428 g/mol. The minimum atomic E-state index is -1.54. The number of hydrogen-bond donors (Lipinski definition) is 0. The van der Waals surface area contributed by atoms with Crippen LogP contribution in [0.1, 0.15) is 104 Å². The maximum Gasteiger partial charge on any atom is 0.160 e. The van der Waals surface area contributed by atoms with Gasteiger partial charge >= 0.3 is 0 Å². The van der Waals surface area contributed by atoms with Crippen molar-refractivity contribution < 1.29 is 18.3 Å². The maximum atomic E-state index is 14.5. The molecule has 3 fully saturated rings. The molecule has 0 N–H and O–H groups in total. The van der Waals surface area contributed by atoms with E-state index >= 15 is 0 Å². The van der Waals surface area contributed by atoms with Gasteiger partial charge in [-0.15, -0.1) is 0 Å². The Morgan fingerprint density at radius 3 is 1.70 bits per heavy atom. The first-order chi connectivity index (χ1) is 14.6. The molecule has 0 aromatic carbocycles. The van der Waals surface area contributed by atoms with Crippen LogP contribution in [0.2, 0.25) is 0 Å². The van der Waals surface area contributed by atoms with Crippen LogP contribution in [0.4, 0.5) is 8.78 Å². The molecule has 0 aliphatic heterocycles. The molecule has 0 amide bonds. The first kappa shape index (κ1) is 24.4. The van der Waals surface area contributed by atoms with Crippen LogP contribution >= 0.6 is 0 Å². The third-order valence-corrected chi connectivity index (χ3v) is 8.25. The van der Waals surface area contributed by atoms with Gasteiger partial charge in [-0.2, -0.15) is 0 Å². The lowest BCUT2D eigenvalue weighted by atomic mass is 9.69. The summed E-state index contributed by atoms with van der Waals surface area (Å²) in [6.07, 6.45) is 12.7. The van der Waals surface area contributed by atoms with E-state index in [0.717, 1.165) is 24.2 Å². The summed E-state index contributed by atoms with van der Waals surface area (Å²) in [5.41, 5.74) is 0. The van der Waals surface area contributed by atoms with Crippen LogP contribution < -0.4 is 0 Å². The van der Waals surface area contributed by atoms with Crippen molar-refractivity contribution in [1.29, 1.82) is 0 Å². The van der Waals surface area contributed by atoms with E-state index in [1.54, 1.807) is 0 Å². The SMILES string of the molecule is CCCCC1CCC(C2CCC(COC3CCC(OCCC)C(F)C3F)CC2)CC1. The van der Waals surface area contributed by atoms with Gasteiger partial charge in [0.25, 0.3) is 0 Å². The highest BCUT2D eigenvalue weighted by Crippen LogP contribution is 2.42. The molecule has 2 nitrogen and oxygen atoms in total. The van der Waals surface area contributed by atoms with E-state index in [4.69, 9.17) is 9.47 Å². The summed E-state index contributed by atoms with van der Waals surface area (Å²) < 4.78 is 40.3. The zero-order chi connectivity index (χ0) is 21.3. The maximum absolute atomic E-state index is 14.5. The Kier molecular flexibility index (Phi) is 10.4. The highest BCUT2D eigenvalue weighted by molar-refractivity contribution is 4.90. The second-order valence-corrected chi connectivity index (χ2v) is 10.5. The lowest BCUT2D eigenvalue weighted by Crippen LogP contribution is -2.47. The lowest BCUT2D eigenvalue weighted by molar-refractivity contribution is -0.123. The van der Waals surface area contributed by atoms with Gasteiger partial charge in [-0.3, -0.25) is 0 Å². The fourth-order valence-electron chi connectivity index (χ4n) is 6.20. The van der Waals surface area contributed by atoms with Crippen molar-refractivity contribution in [3.63, 3.8) is 0 Å². The van der Waals surface area contributed by atoms with Gasteiger partial charge in [-0.05, 0) is 81.5 Å². The van der Waals surface area contributed by atoms with Gasteiger partial charge in [0.1, 0.15) is 0 Å². The number of alkyl halides is 2. The lowest BCUT2D eigenvalue weighted by Gasteiger charge is -2.39. The second kappa shape index (κ2) is 12.7. The molecule has 3 saturated carbocycles. The van der Waals surface area contributed by atoms with Crippen molar-refractivity contribution in [2.75, 3.05) is 13.2 Å². The fourth-order valence-corrected chi connectivity index (χ4v) is 6.20. The van der Waals surface area contributed by atoms with Gasteiger partial charge in [0, 0.05) is 13.2 Å². The van der Waals surface area contributed by atoms with Crippen molar-refractivity contribution >= 4 is 0 Å². The average Bonchev–Trinajstić information content (AvgIpc) is 2.79. The van der Waals surface area contributed by atoms with E-state index in [2.05, 4.69) is 6.92 Å². The molecule has 0 spiro atoms. The van der Waals surface area contributed by atoms with Crippen molar-refractivity contribution in [1.82, 2.24) is 0 Å². The predicted octanol–water partition coefficient (Wildman–Crippen LogP) is 7.44. The Balaban J connectivity index is 1.32. The Hall–Kier alpha value is -0.220. The zero-order valence-corrected chi connectivity index (χ0v) is 19.5. The quantitative estimate of drug-likeness (QED) is 0.360. The number of hydrogen-bond acceptors (Lipinski definition) is 2. The van der Waals surface area contributed by atoms with Crippen LogP contribution in [0.5, 0.6) is 0 Å². The standard InChI is InChI=1S/C26H46F2O2/c1-3-5-6-19-7-11-21(12-8-19)22-13-9-20(10-14-22)18-30-24-16-15-23(29-17-4-2)25(27)26(24)28/h19-26H,3-18H2,1-2H3. The topological polar surface area (TPSA) is 18.5 Å². The van der Waals surface area contributed by atoms with Gasteiger partial charge in [0.2, 0.25) is 0 Å². The second-order valence-electron chi connectivity index (χ2n) is 10.5. The van der Waals surface area contributed by atoms with Crippen LogP contribution in [0.25, 0.3) is 0 Å². The molecular weight excluding hydrogens is 382 g/mol. The smallest absolute Gasteiger partial charge is 0.160 e. The predicted molar refractivity (Wildman–Crippen MR) is 119 cm³/mol. The van der Waals surface area contributed by atoms with Crippen molar-refractivity contribution in [2.24, 2.45) is 23.7 Å². The first-order valence-corrected chi connectivity index (χ1v) is 13.1. The van der Waals surface area contributed by atoms with E-state index in [1.165, 1.54) is 70.6 Å². The summed E-state index contributed by atoms with van der Waals surface area (Å²) in [6.45, 7) is 5.40. The molecule has 4 unspecified atom stereocenters. The number of ether oxygens (including phenoxy) is 2. The summed E-state index contributed by atoms with van der Waals surface area (Å²) in [5, 5.41) is 0. The molecule has 4 atom stereocenters. The summed E-state index contributed by atoms with van der Waals surface area (Å²) in [5.74, 6) is 3.34. The van der Waals surface area contributed by atoms with E-state index in [-0.39, 0.29) is 0 Å². The highest BCUT2D eigenvalue weighted by Gasteiger charge is 2.42. The largest absolute Gasteiger partial charge is 0.375 e. The van der Waals surface area contributed by atoms with Gasteiger partial charge in [-0.1, -0.05) is 46.0 Å². The molecule has 0 saturated heterocycles. The summed E-state index contributed by atoms with van der Waals surface area (Å²) in [4.78, 5) is 0. The molecule has 0 radical (unpaired) electrons. The van der Waals surface area contributed by atoms with Crippen LogP contribution in [-0.4, -0.2) is 37.8 Å². The Bertz CT molecular complexity index is 458. The van der Waals surface area contributed by atoms with Gasteiger partial charge in [0.05, 0.1) is 12.2 Å². The fraction of sp³-hybridized carbons (Fsp3) is 1.00. The minimum absolute atomic E-state index is 0.507. The summed E-state index contributed by atoms with van der Waals surface area (Å²) >= 11 is 0. The number of rotatable bonds is 10. The molecule has 0 heterocycles. The molecule has 0 aromatic rings. The van der Waals surface area contributed by atoms with E-state index < -0.39 is 24.6 Å². The Morgan fingerprint density at radius 1 is 0.633 bits per heavy atom. The van der Waals surface area contributed by atoms with Crippen molar-refractivity contribution in [3.8, 4) is 0 Å². The molecule has 0 aromatic heterocycles. The highest BCUT2D eigenvalue weighted by atomic mass is 19.2. The van der Waals surface area contributed by atoms with E-state index in [0.29, 0.717) is 32.0 Å². The van der Waals surface area contributed by atoms with Crippen LogP contribution in [0.15, 0.2) is 0 Å². The first-order valence-electron chi connectivity index (χ1n) is 13.1. The van der Waals surface area contributed by atoms with E-state index in [1.807, 2.05) is 6.92 Å². The van der Waals surface area contributed by atoms with Crippen molar-refractivity contribution in [2.45, 2.75) is 128 Å². The third kappa shape index (κ3) is 6.89. The Labute approximate surface area is 183 Å². The minimum Gasteiger partial charge on any atom is -0.375 e. The molecule has 176 valence electrons. The number of halogens is 2. The molecule has 3 aliphatic carbocycles. The van der Waals surface area contributed by atoms with Gasteiger partial charge in [-0.25, -0.2) is 8.78 Å². The molecular formula is C26H46F2O2. The molecule has 3 aliphatic rings. The molecule has 0 bridgehead atoms. The molecule has 3 rings (SSSR count). The zero-order valence-electron chi connectivity index (χ0n) is 19.5. The Morgan fingerprint density at radius 2 is 1.17 bits per heavy atom. The number of unbranched alkanes of at least 4 members (excludes halogenated alkanes) is 1.